The van der Waals surface area contributed by atoms with Gasteiger partial charge in [0, 0.05) is 24.9 Å². The molecule has 8 heteroatoms. The molecule has 1 N–H and O–H groups in total. The Bertz CT molecular complexity index is 1290. The van der Waals surface area contributed by atoms with Gasteiger partial charge in [-0.2, -0.15) is 4.31 Å². The number of carbonyl (C=O) groups is 2. The molecule has 1 unspecified atom stereocenters. The van der Waals surface area contributed by atoms with Crippen molar-refractivity contribution in [3.8, 4) is 0 Å². The number of pyridine rings is 1. The highest BCUT2D eigenvalue weighted by Crippen LogP contribution is 2.31. The van der Waals surface area contributed by atoms with Crippen molar-refractivity contribution in [2.24, 2.45) is 0 Å². The number of hydrogen-bond donors (Lipinski definition) is 1. The summed E-state index contributed by atoms with van der Waals surface area (Å²) in [6.07, 6.45) is 3.20. The van der Waals surface area contributed by atoms with Crippen molar-refractivity contribution in [2.45, 2.75) is 10.8 Å². The van der Waals surface area contributed by atoms with E-state index < -0.39 is 21.9 Å². The zero-order valence-corrected chi connectivity index (χ0v) is 17.8. The van der Waals surface area contributed by atoms with Gasteiger partial charge in [-0.1, -0.05) is 42.5 Å². The Hall–Kier alpha value is -3.62. The van der Waals surface area contributed by atoms with Crippen molar-refractivity contribution in [1.82, 2.24) is 9.29 Å². The predicted octanol–water partition coefficient (Wildman–Crippen LogP) is 3.22. The second kappa shape index (κ2) is 8.86. The van der Waals surface area contributed by atoms with Gasteiger partial charge < -0.3 is 5.11 Å². The molecule has 1 atom stereocenters. The van der Waals surface area contributed by atoms with Crippen LogP contribution in [0.15, 0.2) is 89.5 Å². The van der Waals surface area contributed by atoms with Crippen molar-refractivity contribution in [3.63, 3.8) is 0 Å². The molecule has 0 aliphatic carbocycles. The van der Waals surface area contributed by atoms with Gasteiger partial charge in [0.05, 0.1) is 22.1 Å². The normalized spacial score (nSPS) is 18.6. The van der Waals surface area contributed by atoms with Gasteiger partial charge in [-0.05, 0) is 42.0 Å². The van der Waals surface area contributed by atoms with Gasteiger partial charge in [-0.15, -0.1) is 0 Å². The topological polar surface area (TPSA) is 105 Å². The summed E-state index contributed by atoms with van der Waals surface area (Å²) in [5.74, 6) is -2.06. The standard InChI is InChI=1S/C24H20N2O5S/c27-23-19(13-20-10-4-5-12-25-20)15-26(16-22(23)17-7-2-1-3-8-17)32(30,31)21-11-6-9-18(14-21)24(28)29/h1-14,22H,15-16H2,(H,28,29). The summed E-state index contributed by atoms with van der Waals surface area (Å²) in [5, 5.41) is 9.25. The fourth-order valence-electron chi connectivity index (χ4n) is 3.66. The van der Waals surface area contributed by atoms with E-state index >= 15 is 0 Å². The number of aromatic carboxylic acids is 1. The minimum atomic E-state index is -4.05. The van der Waals surface area contributed by atoms with Gasteiger partial charge >= 0.3 is 5.97 Å². The molecule has 32 heavy (non-hydrogen) atoms. The number of Topliss-reactive ketones (excluding diaryl/α,β-unsaturated/α-hetero) is 1. The van der Waals surface area contributed by atoms with Crippen LogP contribution in [-0.4, -0.2) is 47.7 Å². The maximum Gasteiger partial charge on any atom is 0.335 e. The first kappa shape index (κ1) is 21.6. The van der Waals surface area contributed by atoms with E-state index in [2.05, 4.69) is 4.98 Å². The number of carboxylic acids is 1. The summed E-state index contributed by atoms with van der Waals surface area (Å²) in [6.45, 7) is -0.166. The lowest BCUT2D eigenvalue weighted by Gasteiger charge is -2.33. The number of ketones is 1. The molecule has 1 aromatic heterocycles. The van der Waals surface area contributed by atoms with Crippen LogP contribution in [0, 0.1) is 0 Å². The van der Waals surface area contributed by atoms with Crippen LogP contribution >= 0.6 is 0 Å². The van der Waals surface area contributed by atoms with Crippen molar-refractivity contribution < 1.29 is 23.1 Å². The monoisotopic (exact) mass is 448 g/mol. The number of benzene rings is 2. The second-order valence-electron chi connectivity index (χ2n) is 7.38. The van der Waals surface area contributed by atoms with Crippen LogP contribution < -0.4 is 0 Å². The molecule has 0 saturated carbocycles. The SMILES string of the molecule is O=C(O)c1cccc(S(=O)(=O)N2CC(=Cc3ccccn3)C(=O)C(c3ccccc3)C2)c1. The summed E-state index contributed by atoms with van der Waals surface area (Å²) >= 11 is 0. The first-order valence-electron chi connectivity index (χ1n) is 9.90. The highest BCUT2D eigenvalue weighted by atomic mass is 32.2. The molecule has 7 nitrogen and oxygen atoms in total. The summed E-state index contributed by atoms with van der Waals surface area (Å²) in [5.41, 5.74) is 1.46. The fourth-order valence-corrected chi connectivity index (χ4v) is 5.14. The first-order chi connectivity index (χ1) is 15.4. The number of piperidine rings is 1. The van der Waals surface area contributed by atoms with Gasteiger partial charge in [-0.3, -0.25) is 9.78 Å². The van der Waals surface area contributed by atoms with Crippen LogP contribution in [-0.2, 0) is 14.8 Å². The third kappa shape index (κ3) is 4.37. The fraction of sp³-hybridized carbons (Fsp3) is 0.125. The lowest BCUT2D eigenvalue weighted by molar-refractivity contribution is -0.118. The number of carboxylic acid groups (broad SMARTS) is 1. The van der Waals surface area contributed by atoms with E-state index in [1.54, 1.807) is 54.7 Å². The quantitative estimate of drug-likeness (QED) is 0.601. The predicted molar refractivity (Wildman–Crippen MR) is 119 cm³/mol. The van der Waals surface area contributed by atoms with E-state index in [0.717, 1.165) is 6.07 Å². The largest absolute Gasteiger partial charge is 0.478 e. The molecule has 162 valence electrons. The average Bonchev–Trinajstić information content (AvgIpc) is 2.81. The molecule has 1 saturated heterocycles. The van der Waals surface area contributed by atoms with E-state index in [4.69, 9.17) is 0 Å². The molecule has 0 spiro atoms. The van der Waals surface area contributed by atoms with Gasteiger partial charge in [0.25, 0.3) is 0 Å². The number of nitrogens with zero attached hydrogens (tertiary/aromatic N) is 2. The van der Waals surface area contributed by atoms with Crippen molar-refractivity contribution >= 4 is 27.9 Å². The molecule has 1 aliphatic rings. The Kier molecular flexibility index (Phi) is 5.98. The maximum absolute atomic E-state index is 13.4. The summed E-state index contributed by atoms with van der Waals surface area (Å²) in [7, 11) is -4.05. The van der Waals surface area contributed by atoms with Crippen molar-refractivity contribution in [1.29, 1.82) is 0 Å². The highest BCUT2D eigenvalue weighted by Gasteiger charge is 2.38. The molecular weight excluding hydrogens is 428 g/mol. The lowest BCUT2D eigenvalue weighted by Crippen LogP contribution is -2.44. The zero-order valence-electron chi connectivity index (χ0n) is 17.0. The summed E-state index contributed by atoms with van der Waals surface area (Å²) in [4.78, 5) is 28.7. The molecule has 1 aliphatic heterocycles. The molecule has 4 rings (SSSR count). The Morgan fingerprint density at radius 3 is 2.47 bits per heavy atom. The first-order valence-corrected chi connectivity index (χ1v) is 11.3. The second-order valence-corrected chi connectivity index (χ2v) is 9.32. The van der Waals surface area contributed by atoms with Crippen LogP contribution in [0.25, 0.3) is 6.08 Å². The van der Waals surface area contributed by atoms with Crippen LogP contribution in [0.5, 0.6) is 0 Å². The number of hydrogen-bond acceptors (Lipinski definition) is 5. The average molecular weight is 449 g/mol. The van der Waals surface area contributed by atoms with E-state index in [1.807, 2.05) is 6.07 Å². The molecule has 0 radical (unpaired) electrons. The summed E-state index contributed by atoms with van der Waals surface area (Å²) < 4.78 is 28.1. The van der Waals surface area contributed by atoms with Crippen LogP contribution in [0.2, 0.25) is 0 Å². The van der Waals surface area contributed by atoms with Crippen LogP contribution in [0.3, 0.4) is 0 Å². The third-order valence-corrected chi connectivity index (χ3v) is 7.10. The molecule has 0 amide bonds. The number of sulfonamides is 1. The van der Waals surface area contributed by atoms with Gasteiger partial charge in [-0.25, -0.2) is 13.2 Å². The van der Waals surface area contributed by atoms with Crippen LogP contribution in [0.4, 0.5) is 0 Å². The Morgan fingerprint density at radius 1 is 1.03 bits per heavy atom. The number of aromatic nitrogens is 1. The number of carbonyl (C=O) groups excluding carboxylic acids is 1. The van der Waals surface area contributed by atoms with E-state index in [9.17, 15) is 23.1 Å². The Morgan fingerprint density at radius 2 is 1.78 bits per heavy atom. The molecule has 3 aromatic rings. The van der Waals surface area contributed by atoms with E-state index in [1.165, 1.54) is 22.5 Å². The Balaban J connectivity index is 1.77. The highest BCUT2D eigenvalue weighted by molar-refractivity contribution is 7.89. The lowest BCUT2D eigenvalue weighted by atomic mass is 9.87. The smallest absolute Gasteiger partial charge is 0.335 e. The van der Waals surface area contributed by atoms with Gasteiger partial charge in [0.1, 0.15) is 0 Å². The maximum atomic E-state index is 13.4. The van der Waals surface area contributed by atoms with Crippen molar-refractivity contribution in [2.75, 3.05) is 13.1 Å². The van der Waals surface area contributed by atoms with E-state index in [-0.39, 0.29) is 29.3 Å². The zero-order chi connectivity index (χ0) is 22.7. The summed E-state index contributed by atoms with van der Waals surface area (Å²) in [6, 6.07) is 19.5. The van der Waals surface area contributed by atoms with Crippen molar-refractivity contribution in [3.05, 3.63) is 101 Å². The van der Waals surface area contributed by atoms with Gasteiger partial charge in [0.2, 0.25) is 10.0 Å². The molecule has 2 heterocycles. The number of rotatable bonds is 5. The van der Waals surface area contributed by atoms with E-state index in [0.29, 0.717) is 16.8 Å². The minimum absolute atomic E-state index is 0.0396. The molecule has 0 bridgehead atoms. The molecule has 1 fully saturated rings. The molecular formula is C24H20N2O5S. The molecule has 2 aromatic carbocycles. The van der Waals surface area contributed by atoms with Gasteiger partial charge in [0.15, 0.2) is 5.78 Å². The van der Waals surface area contributed by atoms with Crippen LogP contribution in [0.1, 0.15) is 27.5 Å². The third-order valence-electron chi connectivity index (χ3n) is 5.30. The Labute approximate surface area is 185 Å². The minimum Gasteiger partial charge on any atom is -0.478 e.